The Hall–Kier alpha value is -2.60. The molecule has 3 aromatic rings. The quantitative estimate of drug-likeness (QED) is 0.591. The zero-order chi connectivity index (χ0) is 16.4. The second-order valence-electron chi connectivity index (χ2n) is 5.06. The second-order valence-corrected chi connectivity index (χ2v) is 5.44. The van der Waals surface area contributed by atoms with Crippen molar-refractivity contribution in [3.8, 4) is 0 Å². The number of anilines is 1. The van der Waals surface area contributed by atoms with Crippen LogP contribution in [0.25, 0.3) is 10.9 Å². The Labute approximate surface area is 138 Å². The van der Waals surface area contributed by atoms with E-state index in [1.54, 1.807) is 13.3 Å². The van der Waals surface area contributed by atoms with E-state index in [-0.39, 0.29) is 10.6 Å². The first-order chi connectivity index (χ1) is 11.1. The first-order valence-corrected chi connectivity index (χ1v) is 7.58. The average Bonchev–Trinajstić information content (AvgIpc) is 2.93. The smallest absolute Gasteiger partial charge is 0.287 e. The lowest BCUT2D eigenvalue weighted by Gasteiger charge is -2.03. The SMILES string of the molecule is CCn1cc(/C=N\Nc2cnn(C)c(=O)c2Cl)c2ccccc21. The Bertz CT molecular complexity index is 941. The van der Waals surface area contributed by atoms with Gasteiger partial charge in [-0.2, -0.15) is 10.2 Å². The summed E-state index contributed by atoms with van der Waals surface area (Å²) in [6, 6.07) is 8.13. The molecule has 118 valence electrons. The lowest BCUT2D eigenvalue weighted by molar-refractivity contribution is 0.708. The van der Waals surface area contributed by atoms with Crippen molar-refractivity contribution in [3.63, 3.8) is 0 Å². The lowest BCUT2D eigenvalue weighted by atomic mass is 10.2. The number of halogens is 1. The first kappa shape index (κ1) is 15.3. The number of benzene rings is 1. The molecular formula is C16H16ClN5O. The maximum atomic E-state index is 11.7. The number of nitrogens with one attached hydrogen (secondary N) is 1. The minimum atomic E-state index is -0.366. The molecule has 0 saturated carbocycles. The van der Waals surface area contributed by atoms with E-state index in [1.165, 1.54) is 10.9 Å². The van der Waals surface area contributed by atoms with Gasteiger partial charge in [-0.3, -0.25) is 10.2 Å². The third-order valence-electron chi connectivity index (χ3n) is 3.63. The highest BCUT2D eigenvalue weighted by atomic mass is 35.5. The second kappa shape index (κ2) is 6.26. The zero-order valence-corrected chi connectivity index (χ0v) is 13.6. The molecule has 0 spiro atoms. The molecular weight excluding hydrogens is 314 g/mol. The molecule has 2 aromatic heterocycles. The molecule has 0 aliphatic carbocycles. The molecule has 0 bridgehead atoms. The van der Waals surface area contributed by atoms with Crippen LogP contribution in [0, 0.1) is 0 Å². The van der Waals surface area contributed by atoms with Gasteiger partial charge in [-0.15, -0.1) is 0 Å². The van der Waals surface area contributed by atoms with Crippen LogP contribution in [0.4, 0.5) is 5.69 Å². The summed E-state index contributed by atoms with van der Waals surface area (Å²) >= 11 is 5.99. The Kier molecular flexibility index (Phi) is 4.16. The zero-order valence-electron chi connectivity index (χ0n) is 12.8. The third kappa shape index (κ3) is 2.85. The molecule has 0 fully saturated rings. The summed E-state index contributed by atoms with van der Waals surface area (Å²) < 4.78 is 3.33. The molecule has 1 N–H and O–H groups in total. The Morgan fingerprint density at radius 1 is 1.39 bits per heavy atom. The van der Waals surface area contributed by atoms with Crippen LogP contribution in [0.15, 0.2) is 46.6 Å². The molecule has 0 atom stereocenters. The van der Waals surface area contributed by atoms with Gasteiger partial charge >= 0.3 is 0 Å². The van der Waals surface area contributed by atoms with E-state index in [1.807, 2.05) is 18.3 Å². The summed E-state index contributed by atoms with van der Waals surface area (Å²) in [5.74, 6) is 0. The van der Waals surface area contributed by atoms with Crippen LogP contribution in [-0.4, -0.2) is 20.6 Å². The van der Waals surface area contributed by atoms with Crippen molar-refractivity contribution in [3.05, 3.63) is 57.6 Å². The maximum absolute atomic E-state index is 11.7. The number of nitrogens with zero attached hydrogens (tertiary/aromatic N) is 4. The molecule has 1 aromatic carbocycles. The van der Waals surface area contributed by atoms with Crippen LogP contribution in [0.5, 0.6) is 0 Å². The summed E-state index contributed by atoms with van der Waals surface area (Å²) in [4.78, 5) is 11.7. The number of para-hydroxylation sites is 1. The van der Waals surface area contributed by atoms with Gasteiger partial charge < -0.3 is 4.57 Å². The number of aromatic nitrogens is 3. The fraction of sp³-hybridized carbons (Fsp3) is 0.188. The summed E-state index contributed by atoms with van der Waals surface area (Å²) in [5.41, 5.74) is 4.93. The molecule has 6 nitrogen and oxygen atoms in total. The molecule has 23 heavy (non-hydrogen) atoms. The van der Waals surface area contributed by atoms with Crippen LogP contribution in [0.1, 0.15) is 12.5 Å². The van der Waals surface area contributed by atoms with Gasteiger partial charge in [-0.1, -0.05) is 29.8 Å². The van der Waals surface area contributed by atoms with Gasteiger partial charge in [0.05, 0.1) is 12.4 Å². The third-order valence-corrected chi connectivity index (χ3v) is 3.99. The van der Waals surface area contributed by atoms with Crippen molar-refractivity contribution in [1.29, 1.82) is 0 Å². The minimum absolute atomic E-state index is 0.0654. The molecule has 3 rings (SSSR count). The van der Waals surface area contributed by atoms with E-state index in [4.69, 9.17) is 11.6 Å². The fourth-order valence-electron chi connectivity index (χ4n) is 2.40. The molecule has 0 unspecified atom stereocenters. The standard InChI is InChI=1S/C16H16ClN5O/c1-3-22-10-11(12-6-4-5-7-14(12)22)8-18-20-13-9-19-21(2)16(23)15(13)17/h4-10,20H,3H2,1-2H3/b18-8-. The fourth-order valence-corrected chi connectivity index (χ4v) is 2.61. The summed E-state index contributed by atoms with van der Waals surface area (Å²) in [6.07, 6.45) is 5.22. The summed E-state index contributed by atoms with van der Waals surface area (Å²) in [7, 11) is 1.54. The molecule has 0 saturated heterocycles. The monoisotopic (exact) mass is 329 g/mol. The Morgan fingerprint density at radius 3 is 2.96 bits per heavy atom. The van der Waals surface area contributed by atoms with Gasteiger partial charge in [0, 0.05) is 36.3 Å². The average molecular weight is 330 g/mol. The Morgan fingerprint density at radius 2 is 2.17 bits per heavy atom. The number of fused-ring (bicyclic) bond motifs is 1. The van der Waals surface area contributed by atoms with Crippen LogP contribution < -0.4 is 11.0 Å². The van der Waals surface area contributed by atoms with Crippen molar-refractivity contribution in [2.24, 2.45) is 12.1 Å². The summed E-state index contributed by atoms with van der Waals surface area (Å²) in [6.45, 7) is 2.98. The van der Waals surface area contributed by atoms with E-state index < -0.39 is 0 Å². The van der Waals surface area contributed by atoms with E-state index in [0.29, 0.717) is 5.69 Å². The number of hydrogen-bond donors (Lipinski definition) is 1. The number of aryl methyl sites for hydroxylation is 2. The highest BCUT2D eigenvalue weighted by Crippen LogP contribution is 2.20. The molecule has 0 aliphatic heterocycles. The van der Waals surface area contributed by atoms with Gasteiger partial charge in [0.25, 0.3) is 5.56 Å². The highest BCUT2D eigenvalue weighted by Gasteiger charge is 2.07. The van der Waals surface area contributed by atoms with Crippen LogP contribution in [-0.2, 0) is 13.6 Å². The van der Waals surface area contributed by atoms with Crippen molar-refractivity contribution in [2.45, 2.75) is 13.5 Å². The van der Waals surface area contributed by atoms with E-state index in [9.17, 15) is 4.79 Å². The van der Waals surface area contributed by atoms with Crippen LogP contribution in [0.3, 0.4) is 0 Å². The first-order valence-electron chi connectivity index (χ1n) is 7.20. The highest BCUT2D eigenvalue weighted by molar-refractivity contribution is 6.32. The van der Waals surface area contributed by atoms with Crippen LogP contribution >= 0.6 is 11.6 Å². The van der Waals surface area contributed by atoms with Gasteiger partial charge in [-0.25, -0.2) is 4.68 Å². The number of hydrogen-bond acceptors (Lipinski definition) is 4. The molecule has 7 heteroatoms. The molecule has 0 radical (unpaired) electrons. The molecule has 0 aliphatic rings. The molecule has 0 amide bonds. The maximum Gasteiger partial charge on any atom is 0.287 e. The Balaban J connectivity index is 1.90. The van der Waals surface area contributed by atoms with Crippen molar-refractivity contribution in [1.82, 2.24) is 14.3 Å². The topological polar surface area (TPSA) is 64.2 Å². The van der Waals surface area contributed by atoms with Gasteiger partial charge in [0.15, 0.2) is 0 Å². The van der Waals surface area contributed by atoms with Crippen molar-refractivity contribution >= 4 is 34.4 Å². The van der Waals surface area contributed by atoms with Crippen LogP contribution in [0.2, 0.25) is 5.02 Å². The number of hydrazone groups is 1. The largest absolute Gasteiger partial charge is 0.347 e. The lowest BCUT2D eigenvalue weighted by Crippen LogP contribution is -2.20. The van der Waals surface area contributed by atoms with Gasteiger partial charge in [-0.05, 0) is 13.0 Å². The van der Waals surface area contributed by atoms with Crippen molar-refractivity contribution in [2.75, 3.05) is 5.43 Å². The van der Waals surface area contributed by atoms with Gasteiger partial charge in [0.1, 0.15) is 10.7 Å². The van der Waals surface area contributed by atoms with E-state index >= 15 is 0 Å². The van der Waals surface area contributed by atoms with E-state index in [0.717, 1.165) is 23.0 Å². The van der Waals surface area contributed by atoms with E-state index in [2.05, 4.69) is 39.2 Å². The summed E-state index contributed by atoms with van der Waals surface area (Å²) in [5, 5.41) is 9.28. The minimum Gasteiger partial charge on any atom is -0.347 e. The van der Waals surface area contributed by atoms with Crippen molar-refractivity contribution < 1.29 is 0 Å². The number of rotatable bonds is 4. The predicted octanol–water partition coefficient (Wildman–Crippen LogP) is 2.85. The normalized spacial score (nSPS) is 11.4. The predicted molar refractivity (Wildman–Crippen MR) is 93.3 cm³/mol. The molecule has 2 heterocycles. The van der Waals surface area contributed by atoms with Gasteiger partial charge in [0.2, 0.25) is 0 Å².